The predicted molar refractivity (Wildman–Crippen MR) is 83.8 cm³/mol. The lowest BCUT2D eigenvalue weighted by atomic mass is 9.91. The predicted octanol–water partition coefficient (Wildman–Crippen LogP) is 0.897. The SMILES string of the molecule is CC.CC(Oc1ccc(O)cc1)C(CO)C(O)[C@H](O)C(C)O. The van der Waals surface area contributed by atoms with Crippen LogP contribution in [-0.2, 0) is 0 Å². The number of hydrogen-bond acceptors (Lipinski definition) is 6. The molecule has 0 amide bonds. The minimum atomic E-state index is -1.36. The van der Waals surface area contributed by atoms with E-state index in [4.69, 9.17) is 4.74 Å². The Labute approximate surface area is 131 Å². The maximum atomic E-state index is 9.95. The molecule has 0 saturated heterocycles. The van der Waals surface area contributed by atoms with E-state index >= 15 is 0 Å². The molecule has 1 aromatic carbocycles. The molecule has 0 fully saturated rings. The van der Waals surface area contributed by atoms with E-state index in [1.54, 1.807) is 19.1 Å². The molecule has 1 aromatic rings. The van der Waals surface area contributed by atoms with E-state index in [1.807, 2.05) is 13.8 Å². The van der Waals surface area contributed by atoms with Gasteiger partial charge in [-0.15, -0.1) is 0 Å². The van der Waals surface area contributed by atoms with Gasteiger partial charge in [-0.1, -0.05) is 13.8 Å². The first-order valence-corrected chi connectivity index (χ1v) is 7.47. The van der Waals surface area contributed by atoms with E-state index < -0.39 is 36.9 Å². The van der Waals surface area contributed by atoms with Crippen LogP contribution >= 0.6 is 0 Å². The molecule has 5 atom stereocenters. The monoisotopic (exact) mass is 316 g/mol. The first kappa shape index (κ1) is 20.7. The first-order valence-electron chi connectivity index (χ1n) is 7.47. The number of hydrogen-bond donors (Lipinski definition) is 5. The molecule has 0 radical (unpaired) electrons. The Bertz CT molecular complexity index is 392. The van der Waals surface area contributed by atoms with Crippen LogP contribution in [0.15, 0.2) is 24.3 Å². The normalized spacial score (nSPS) is 17.5. The lowest BCUT2D eigenvalue weighted by molar-refractivity contribution is -0.102. The third-order valence-electron chi connectivity index (χ3n) is 3.26. The van der Waals surface area contributed by atoms with E-state index in [0.29, 0.717) is 5.75 Å². The highest BCUT2D eigenvalue weighted by Gasteiger charge is 2.33. The first-order chi connectivity index (χ1) is 10.4. The fourth-order valence-electron chi connectivity index (χ4n) is 1.90. The van der Waals surface area contributed by atoms with Gasteiger partial charge in [0.1, 0.15) is 23.7 Å². The number of rotatable bonds is 7. The summed E-state index contributed by atoms with van der Waals surface area (Å²) in [6, 6.07) is 6.02. The topological polar surface area (TPSA) is 110 Å². The molecular formula is C16H28O6. The molecule has 6 nitrogen and oxygen atoms in total. The molecule has 0 spiro atoms. The third-order valence-corrected chi connectivity index (χ3v) is 3.26. The molecule has 0 bridgehead atoms. The van der Waals surface area contributed by atoms with Gasteiger partial charge in [0.15, 0.2) is 0 Å². The number of phenolic OH excluding ortho intramolecular Hbond substituents is 1. The molecule has 4 unspecified atom stereocenters. The summed E-state index contributed by atoms with van der Waals surface area (Å²) in [7, 11) is 0. The summed E-state index contributed by atoms with van der Waals surface area (Å²) in [5, 5.41) is 47.4. The molecule has 0 aliphatic heterocycles. The van der Waals surface area contributed by atoms with Crippen molar-refractivity contribution in [3.63, 3.8) is 0 Å². The van der Waals surface area contributed by atoms with Crippen LogP contribution in [0.3, 0.4) is 0 Å². The van der Waals surface area contributed by atoms with Gasteiger partial charge in [-0.3, -0.25) is 0 Å². The van der Waals surface area contributed by atoms with Gasteiger partial charge in [-0.2, -0.15) is 0 Å². The van der Waals surface area contributed by atoms with Crippen LogP contribution in [0.4, 0.5) is 0 Å². The van der Waals surface area contributed by atoms with Crippen molar-refractivity contribution in [1.29, 1.82) is 0 Å². The van der Waals surface area contributed by atoms with Crippen molar-refractivity contribution in [2.24, 2.45) is 5.92 Å². The summed E-state index contributed by atoms with van der Waals surface area (Å²) in [6.45, 7) is 6.60. The zero-order valence-electron chi connectivity index (χ0n) is 13.5. The highest BCUT2D eigenvalue weighted by Crippen LogP contribution is 2.22. The molecule has 6 heteroatoms. The molecule has 128 valence electrons. The Balaban J connectivity index is 0.00000211. The minimum absolute atomic E-state index is 0.105. The fraction of sp³-hybridized carbons (Fsp3) is 0.625. The maximum Gasteiger partial charge on any atom is 0.119 e. The largest absolute Gasteiger partial charge is 0.508 e. The van der Waals surface area contributed by atoms with Crippen LogP contribution in [0.2, 0.25) is 0 Å². The summed E-state index contributed by atoms with van der Waals surface area (Å²) < 4.78 is 5.55. The zero-order chi connectivity index (χ0) is 17.3. The smallest absolute Gasteiger partial charge is 0.119 e. The Morgan fingerprint density at radius 1 is 0.955 bits per heavy atom. The van der Waals surface area contributed by atoms with Crippen molar-refractivity contribution in [2.45, 2.75) is 52.1 Å². The third kappa shape index (κ3) is 6.19. The van der Waals surface area contributed by atoms with Crippen molar-refractivity contribution in [2.75, 3.05) is 6.61 Å². The Morgan fingerprint density at radius 2 is 1.45 bits per heavy atom. The van der Waals surface area contributed by atoms with Crippen molar-refractivity contribution in [3.8, 4) is 11.5 Å². The highest BCUT2D eigenvalue weighted by molar-refractivity contribution is 5.30. The average Bonchev–Trinajstić information content (AvgIpc) is 2.51. The molecule has 0 heterocycles. The van der Waals surface area contributed by atoms with Gasteiger partial charge < -0.3 is 30.3 Å². The van der Waals surface area contributed by atoms with Gasteiger partial charge >= 0.3 is 0 Å². The Kier molecular flexibility index (Phi) is 9.76. The van der Waals surface area contributed by atoms with Crippen LogP contribution in [0.1, 0.15) is 27.7 Å². The highest BCUT2D eigenvalue weighted by atomic mass is 16.5. The molecule has 0 saturated carbocycles. The number of aliphatic hydroxyl groups excluding tert-OH is 4. The van der Waals surface area contributed by atoms with E-state index in [2.05, 4.69) is 0 Å². The van der Waals surface area contributed by atoms with Crippen molar-refractivity contribution in [3.05, 3.63) is 24.3 Å². The maximum absolute atomic E-state index is 9.95. The van der Waals surface area contributed by atoms with Gasteiger partial charge in [-0.05, 0) is 38.1 Å². The molecule has 1 rings (SSSR count). The molecule has 0 aliphatic carbocycles. The average molecular weight is 316 g/mol. The van der Waals surface area contributed by atoms with Gasteiger partial charge in [0.25, 0.3) is 0 Å². The lowest BCUT2D eigenvalue weighted by Gasteiger charge is -2.31. The van der Waals surface area contributed by atoms with Crippen molar-refractivity contribution in [1.82, 2.24) is 0 Å². The van der Waals surface area contributed by atoms with Crippen LogP contribution in [0.25, 0.3) is 0 Å². The zero-order valence-corrected chi connectivity index (χ0v) is 13.5. The minimum Gasteiger partial charge on any atom is -0.508 e. The second-order valence-corrected chi connectivity index (χ2v) is 4.89. The van der Waals surface area contributed by atoms with E-state index in [1.165, 1.54) is 19.1 Å². The van der Waals surface area contributed by atoms with Crippen molar-refractivity contribution < 1.29 is 30.3 Å². The van der Waals surface area contributed by atoms with E-state index in [-0.39, 0.29) is 5.75 Å². The van der Waals surface area contributed by atoms with Crippen LogP contribution in [0, 0.1) is 5.92 Å². The Morgan fingerprint density at radius 3 is 1.86 bits per heavy atom. The van der Waals surface area contributed by atoms with E-state index in [9.17, 15) is 25.5 Å². The number of aromatic hydroxyl groups is 1. The molecule has 0 aromatic heterocycles. The van der Waals surface area contributed by atoms with Gasteiger partial charge in [0.05, 0.1) is 18.8 Å². The number of benzene rings is 1. The summed E-state index contributed by atoms with van der Waals surface area (Å²) in [5.74, 6) is -0.186. The second kappa shape index (κ2) is 10.4. The summed E-state index contributed by atoms with van der Waals surface area (Å²) in [5.41, 5.74) is 0. The number of phenols is 1. The second-order valence-electron chi connectivity index (χ2n) is 4.89. The molecule has 22 heavy (non-hydrogen) atoms. The summed E-state index contributed by atoms with van der Waals surface area (Å²) >= 11 is 0. The number of aliphatic hydroxyl groups is 4. The van der Waals surface area contributed by atoms with Gasteiger partial charge in [0.2, 0.25) is 0 Å². The van der Waals surface area contributed by atoms with Crippen LogP contribution in [-0.4, -0.2) is 56.6 Å². The standard InChI is InChI=1S/C14H22O6.C2H6/c1-8(16)13(18)14(19)12(7-15)9(2)20-11-5-3-10(17)4-6-11;1-2/h3-6,8-9,12-19H,7H2,1-2H3;1-2H3/t8?,9?,12?,13-,14?;/m1./s1. The van der Waals surface area contributed by atoms with Gasteiger partial charge in [-0.25, -0.2) is 0 Å². The molecular weight excluding hydrogens is 288 g/mol. The fourth-order valence-corrected chi connectivity index (χ4v) is 1.90. The van der Waals surface area contributed by atoms with E-state index in [0.717, 1.165) is 0 Å². The van der Waals surface area contributed by atoms with Crippen LogP contribution in [0.5, 0.6) is 11.5 Å². The van der Waals surface area contributed by atoms with Crippen LogP contribution < -0.4 is 4.74 Å². The summed E-state index contributed by atoms with van der Waals surface area (Å²) in [6.07, 6.45) is -4.38. The van der Waals surface area contributed by atoms with Gasteiger partial charge in [0, 0.05) is 5.92 Å². The van der Waals surface area contributed by atoms with Crippen molar-refractivity contribution >= 4 is 0 Å². The molecule has 0 aliphatic rings. The number of ether oxygens (including phenoxy) is 1. The Hall–Kier alpha value is -1.34. The quantitative estimate of drug-likeness (QED) is 0.511. The molecule has 5 N–H and O–H groups in total. The summed E-state index contributed by atoms with van der Waals surface area (Å²) in [4.78, 5) is 0. The lowest BCUT2D eigenvalue weighted by Crippen LogP contribution is -2.47.